The molecule has 36 heavy (non-hydrogen) atoms. The maximum Gasteiger partial charge on any atom is 0.417 e. The Bertz CT molecular complexity index is 1560. The summed E-state index contributed by atoms with van der Waals surface area (Å²) in [5.41, 5.74) is -0.304. The van der Waals surface area contributed by atoms with Crippen molar-refractivity contribution in [1.82, 2.24) is 0 Å². The predicted octanol–water partition coefficient (Wildman–Crippen LogP) is 9.96. The lowest BCUT2D eigenvalue weighted by molar-refractivity contribution is -0.137. The van der Waals surface area contributed by atoms with Crippen molar-refractivity contribution >= 4 is 32.3 Å². The largest absolute Gasteiger partial charge is 0.417 e. The summed E-state index contributed by atoms with van der Waals surface area (Å²) in [5.74, 6) is 0. The molecule has 0 aliphatic rings. The summed E-state index contributed by atoms with van der Waals surface area (Å²) in [6.07, 6.45) is -8.98. The minimum Gasteiger partial charge on any atom is -0.166 e. The van der Waals surface area contributed by atoms with Crippen molar-refractivity contribution in [3.05, 3.63) is 108 Å². The first-order valence-electron chi connectivity index (χ1n) is 11.2. The number of benzene rings is 6. The molecule has 0 amide bonds. The predicted molar refractivity (Wildman–Crippen MR) is 131 cm³/mol. The fourth-order valence-corrected chi connectivity index (χ4v) is 5.11. The van der Waals surface area contributed by atoms with E-state index in [0.717, 1.165) is 44.5 Å². The molecule has 0 heterocycles. The van der Waals surface area contributed by atoms with Gasteiger partial charge in [0.15, 0.2) is 0 Å². The third-order valence-corrected chi connectivity index (χ3v) is 6.62. The molecule has 6 aromatic rings. The van der Waals surface area contributed by atoms with Crippen LogP contribution in [0.25, 0.3) is 54.6 Å². The highest BCUT2D eigenvalue weighted by Gasteiger charge is 2.34. The van der Waals surface area contributed by atoms with Gasteiger partial charge in [-0.1, -0.05) is 60.7 Å². The Morgan fingerprint density at radius 3 is 1.00 bits per heavy atom. The van der Waals surface area contributed by atoms with Crippen LogP contribution in [0.5, 0.6) is 0 Å². The quantitative estimate of drug-likeness (QED) is 0.167. The van der Waals surface area contributed by atoms with Crippen molar-refractivity contribution in [2.45, 2.75) is 12.4 Å². The normalized spacial score (nSPS) is 12.7. The molecule has 0 fully saturated rings. The fraction of sp³-hybridized carbons (Fsp3) is 0.0667. The highest BCUT2D eigenvalue weighted by Crippen LogP contribution is 2.43. The van der Waals surface area contributed by atoms with E-state index in [1.165, 1.54) is 24.3 Å². The molecular formula is C30H16F6. The molecule has 178 valence electrons. The van der Waals surface area contributed by atoms with Crippen LogP contribution in [-0.2, 0) is 12.4 Å². The van der Waals surface area contributed by atoms with Gasteiger partial charge in [-0.25, -0.2) is 0 Å². The molecule has 0 aliphatic carbocycles. The molecule has 0 bridgehead atoms. The Morgan fingerprint density at radius 2 is 0.694 bits per heavy atom. The molecule has 0 unspecified atom stereocenters. The van der Waals surface area contributed by atoms with Crippen molar-refractivity contribution in [2.75, 3.05) is 0 Å². The molecule has 0 aromatic heterocycles. The van der Waals surface area contributed by atoms with Gasteiger partial charge in [-0.05, 0) is 91.0 Å². The summed E-state index contributed by atoms with van der Waals surface area (Å²) in [6.45, 7) is 0. The molecule has 0 saturated carbocycles. The van der Waals surface area contributed by atoms with Crippen LogP contribution < -0.4 is 0 Å². The van der Waals surface area contributed by atoms with Gasteiger partial charge in [-0.15, -0.1) is 0 Å². The van der Waals surface area contributed by atoms with Crippen molar-refractivity contribution in [3.63, 3.8) is 0 Å². The zero-order chi connectivity index (χ0) is 25.2. The van der Waals surface area contributed by atoms with Crippen LogP contribution in [0.3, 0.4) is 0 Å². The number of rotatable bonds is 2. The van der Waals surface area contributed by atoms with Gasteiger partial charge in [0, 0.05) is 0 Å². The van der Waals surface area contributed by atoms with E-state index in [4.69, 9.17) is 0 Å². The van der Waals surface area contributed by atoms with E-state index in [9.17, 15) is 26.3 Å². The van der Waals surface area contributed by atoms with Gasteiger partial charge < -0.3 is 0 Å². The molecule has 6 aromatic carbocycles. The van der Waals surface area contributed by atoms with Crippen LogP contribution in [0.15, 0.2) is 97.1 Å². The average Bonchev–Trinajstić information content (AvgIpc) is 2.85. The highest BCUT2D eigenvalue weighted by molar-refractivity contribution is 6.24. The summed E-state index contributed by atoms with van der Waals surface area (Å²) in [7, 11) is 0. The van der Waals surface area contributed by atoms with E-state index in [1.54, 1.807) is 36.4 Å². The molecule has 0 N–H and O–H groups in total. The van der Waals surface area contributed by atoms with Crippen LogP contribution in [0.1, 0.15) is 11.1 Å². The molecule has 0 spiro atoms. The summed E-state index contributed by atoms with van der Waals surface area (Å²) >= 11 is 0. The summed E-state index contributed by atoms with van der Waals surface area (Å²) in [4.78, 5) is 0. The van der Waals surface area contributed by atoms with Gasteiger partial charge in [0.05, 0.1) is 11.1 Å². The number of hydrogen-bond acceptors (Lipinski definition) is 0. The van der Waals surface area contributed by atoms with Crippen LogP contribution in [-0.4, -0.2) is 0 Å². The van der Waals surface area contributed by atoms with E-state index in [-0.39, 0.29) is 11.1 Å². The first kappa shape index (κ1) is 22.4. The zero-order valence-corrected chi connectivity index (χ0v) is 18.5. The second-order valence-corrected chi connectivity index (χ2v) is 8.81. The highest BCUT2D eigenvalue weighted by atomic mass is 19.4. The third kappa shape index (κ3) is 3.56. The van der Waals surface area contributed by atoms with Gasteiger partial charge in [-0.2, -0.15) is 26.3 Å². The Morgan fingerprint density at radius 1 is 0.389 bits per heavy atom. The molecule has 6 rings (SSSR count). The van der Waals surface area contributed by atoms with Crippen molar-refractivity contribution in [3.8, 4) is 22.3 Å². The first-order chi connectivity index (χ1) is 17.1. The SMILES string of the molecule is FC(F)(F)c1ccccc1-c1cc2ccc3cc(-c4ccccc4C(F)(F)F)cc4ccc(c1)c2c34. The van der Waals surface area contributed by atoms with E-state index < -0.39 is 23.5 Å². The molecule has 0 saturated heterocycles. The summed E-state index contributed by atoms with van der Waals surface area (Å²) in [5, 5.41) is 4.80. The lowest BCUT2D eigenvalue weighted by atomic mass is 9.88. The van der Waals surface area contributed by atoms with E-state index >= 15 is 0 Å². The van der Waals surface area contributed by atoms with E-state index in [2.05, 4.69) is 0 Å². The molecule has 0 nitrogen and oxygen atoms in total. The molecule has 6 heteroatoms. The van der Waals surface area contributed by atoms with Gasteiger partial charge in [0.25, 0.3) is 0 Å². The maximum absolute atomic E-state index is 13.6. The molecule has 0 radical (unpaired) electrons. The molecule has 0 atom stereocenters. The van der Waals surface area contributed by atoms with Crippen molar-refractivity contribution < 1.29 is 26.3 Å². The maximum atomic E-state index is 13.6. The second kappa shape index (κ2) is 7.72. The molecular weight excluding hydrogens is 474 g/mol. The average molecular weight is 490 g/mol. The van der Waals surface area contributed by atoms with Crippen molar-refractivity contribution in [1.29, 1.82) is 0 Å². The minimum absolute atomic E-state index is 0.0987. The van der Waals surface area contributed by atoms with Crippen LogP contribution in [0.2, 0.25) is 0 Å². The fourth-order valence-electron chi connectivity index (χ4n) is 5.11. The van der Waals surface area contributed by atoms with Crippen molar-refractivity contribution in [2.24, 2.45) is 0 Å². The second-order valence-electron chi connectivity index (χ2n) is 8.81. The standard InChI is InChI=1S/C30H16F6/c31-29(32,33)25-7-3-1-5-23(25)21-13-17-9-11-19-15-22(24-6-2-4-8-26(24)30(34,35)36)16-20-12-10-18(14-21)27(17)28(19)20/h1-16H. The van der Waals surface area contributed by atoms with E-state index in [0.29, 0.717) is 11.1 Å². The number of halogens is 6. The minimum atomic E-state index is -4.49. The van der Waals surface area contributed by atoms with Gasteiger partial charge in [0.2, 0.25) is 0 Å². The lowest BCUT2D eigenvalue weighted by Gasteiger charge is -2.17. The lowest BCUT2D eigenvalue weighted by Crippen LogP contribution is -2.07. The Labute approximate surface area is 201 Å². The topological polar surface area (TPSA) is 0 Å². The first-order valence-corrected chi connectivity index (χ1v) is 11.2. The molecule has 0 aliphatic heterocycles. The van der Waals surface area contributed by atoms with E-state index in [1.807, 2.05) is 24.3 Å². The van der Waals surface area contributed by atoms with Gasteiger partial charge >= 0.3 is 12.4 Å². The van der Waals surface area contributed by atoms with Gasteiger partial charge in [-0.3, -0.25) is 0 Å². The monoisotopic (exact) mass is 490 g/mol. The smallest absolute Gasteiger partial charge is 0.166 e. The Kier molecular flexibility index (Phi) is 4.80. The number of hydrogen-bond donors (Lipinski definition) is 0. The third-order valence-electron chi connectivity index (χ3n) is 6.62. The van der Waals surface area contributed by atoms with Crippen LogP contribution in [0.4, 0.5) is 26.3 Å². The Hall–Kier alpha value is -4.06. The summed E-state index contributed by atoms with van der Waals surface area (Å²) in [6, 6.07) is 25.1. The number of alkyl halides is 6. The Balaban J connectivity index is 1.59. The summed E-state index contributed by atoms with van der Waals surface area (Å²) < 4.78 is 81.9. The zero-order valence-electron chi connectivity index (χ0n) is 18.5. The van der Waals surface area contributed by atoms with Crippen LogP contribution in [0, 0.1) is 0 Å². The van der Waals surface area contributed by atoms with Gasteiger partial charge in [0.1, 0.15) is 0 Å². The van der Waals surface area contributed by atoms with Crippen LogP contribution >= 0.6 is 0 Å².